The van der Waals surface area contributed by atoms with Gasteiger partial charge in [-0.3, -0.25) is 10.1 Å². The van der Waals surface area contributed by atoms with Crippen LogP contribution in [0.25, 0.3) is 0 Å². The predicted octanol–water partition coefficient (Wildman–Crippen LogP) is 5.07. The summed E-state index contributed by atoms with van der Waals surface area (Å²) in [5.41, 5.74) is 0.665. The largest absolute Gasteiger partial charge is 0.374 e. The minimum atomic E-state index is -1.99. The van der Waals surface area contributed by atoms with Crippen LogP contribution in [0.4, 0.5) is 0 Å². The predicted molar refractivity (Wildman–Crippen MR) is 154 cm³/mol. The summed E-state index contributed by atoms with van der Waals surface area (Å²) in [6.45, 7) is 0.328. The van der Waals surface area contributed by atoms with Crippen molar-refractivity contribution in [2.24, 2.45) is 0 Å². The second-order valence-corrected chi connectivity index (χ2v) is 9.91. The van der Waals surface area contributed by atoms with Gasteiger partial charge in [-0.05, 0) is 16.7 Å². The topological polar surface area (TPSA) is 113 Å². The van der Waals surface area contributed by atoms with E-state index in [1.165, 1.54) is 0 Å². The molecule has 0 radical (unpaired) electrons. The van der Waals surface area contributed by atoms with E-state index in [4.69, 9.17) is 30.1 Å². The van der Waals surface area contributed by atoms with Crippen molar-refractivity contribution in [3.63, 3.8) is 0 Å². The van der Waals surface area contributed by atoms with Crippen LogP contribution in [0.5, 0.6) is 0 Å². The Labute approximate surface area is 246 Å². The lowest BCUT2D eigenvalue weighted by Gasteiger charge is -2.48. The van der Waals surface area contributed by atoms with E-state index in [0.717, 1.165) is 16.7 Å². The van der Waals surface area contributed by atoms with Crippen molar-refractivity contribution >= 4 is 0 Å². The molecule has 1 aliphatic rings. The molecule has 0 bridgehead atoms. The van der Waals surface area contributed by atoms with E-state index in [1.54, 1.807) is 0 Å². The fraction of sp³-hybridized carbons (Fsp3) is 0.364. The molecular formula is C33H34N2O7. The third-order valence-corrected chi connectivity index (χ3v) is 7.11. The summed E-state index contributed by atoms with van der Waals surface area (Å²) in [6, 6.07) is 30.5. The fourth-order valence-corrected chi connectivity index (χ4v) is 5.03. The third kappa shape index (κ3) is 7.80. The molecule has 3 aromatic rings. The smallest absolute Gasteiger partial charge is 0.301 e. The highest BCUT2D eigenvalue weighted by Crippen LogP contribution is 2.41. The number of hydrogen-bond donors (Lipinski definition) is 0. The molecule has 0 amide bonds. The summed E-state index contributed by atoms with van der Waals surface area (Å²) in [6.07, 6.45) is 0.786. The maximum absolute atomic E-state index is 13.0. The van der Waals surface area contributed by atoms with Gasteiger partial charge in [-0.15, -0.1) is 6.42 Å². The van der Waals surface area contributed by atoms with E-state index in [0.29, 0.717) is 6.61 Å². The van der Waals surface area contributed by atoms with Gasteiger partial charge in [0.15, 0.2) is 6.10 Å². The number of nitrogens with zero attached hydrogens (tertiary/aromatic N) is 2. The first-order valence-corrected chi connectivity index (χ1v) is 13.7. The Morgan fingerprint density at radius 3 is 1.93 bits per heavy atom. The fourth-order valence-electron chi connectivity index (χ4n) is 5.03. The molecule has 0 aliphatic carbocycles. The number of terminal acetylenes is 1. The number of ether oxygens (including phenoxy) is 5. The van der Waals surface area contributed by atoms with Crippen molar-refractivity contribution in [3.8, 4) is 18.4 Å². The minimum Gasteiger partial charge on any atom is -0.374 e. The van der Waals surface area contributed by atoms with Crippen molar-refractivity contribution in [1.82, 2.24) is 0 Å². The van der Waals surface area contributed by atoms with E-state index >= 15 is 0 Å². The minimum absolute atomic E-state index is 0.0432. The Balaban J connectivity index is 1.71. The molecule has 0 saturated carbocycles. The summed E-state index contributed by atoms with van der Waals surface area (Å²) in [7, 11) is 0. The highest BCUT2D eigenvalue weighted by molar-refractivity contribution is 5.16. The summed E-state index contributed by atoms with van der Waals surface area (Å²) in [5.74, 6) is 2.36. The van der Waals surface area contributed by atoms with Gasteiger partial charge in [-0.25, -0.2) is 0 Å². The Morgan fingerprint density at radius 2 is 1.40 bits per heavy atom. The van der Waals surface area contributed by atoms with Crippen molar-refractivity contribution in [2.45, 2.75) is 62.8 Å². The van der Waals surface area contributed by atoms with Gasteiger partial charge in [-0.2, -0.15) is 5.26 Å². The Hall–Kier alpha value is -4.09. The van der Waals surface area contributed by atoms with E-state index in [1.807, 2.05) is 97.1 Å². The summed E-state index contributed by atoms with van der Waals surface area (Å²) in [5, 5.41) is 22.5. The molecule has 0 unspecified atom stereocenters. The van der Waals surface area contributed by atoms with Crippen LogP contribution in [-0.4, -0.2) is 48.3 Å². The zero-order valence-corrected chi connectivity index (χ0v) is 23.2. The van der Waals surface area contributed by atoms with Crippen LogP contribution in [-0.2, 0) is 43.5 Å². The molecular weight excluding hydrogens is 536 g/mol. The molecule has 3 aromatic carbocycles. The molecule has 1 saturated heterocycles. The number of hydrogen-bond acceptors (Lipinski definition) is 8. The first-order valence-electron chi connectivity index (χ1n) is 13.7. The maximum Gasteiger partial charge on any atom is 0.301 e. The van der Waals surface area contributed by atoms with Crippen LogP contribution in [0.3, 0.4) is 0 Å². The second-order valence-electron chi connectivity index (χ2n) is 9.91. The summed E-state index contributed by atoms with van der Waals surface area (Å²) < 4.78 is 30.9. The monoisotopic (exact) mass is 570 g/mol. The van der Waals surface area contributed by atoms with Gasteiger partial charge in [0.25, 0.3) is 0 Å². The molecule has 218 valence electrons. The zero-order chi connectivity index (χ0) is 29.6. The van der Waals surface area contributed by atoms with Crippen LogP contribution in [0.2, 0.25) is 0 Å². The van der Waals surface area contributed by atoms with Gasteiger partial charge in [0.2, 0.25) is 6.29 Å². The SMILES string of the molecule is C#CCO[C@H]1O[C@H](COCc2ccccc2)[C@H](OCc2ccccc2)[C@H](OCc2ccccc2)[C@@]1(CCC#N)[N+](=O)[O-]. The lowest BCUT2D eigenvalue weighted by molar-refractivity contribution is -0.626. The van der Waals surface area contributed by atoms with Crippen molar-refractivity contribution < 1.29 is 28.6 Å². The number of rotatable bonds is 15. The summed E-state index contributed by atoms with van der Waals surface area (Å²) in [4.78, 5) is 12.5. The molecule has 4 rings (SSSR count). The maximum atomic E-state index is 13.0. The highest BCUT2D eigenvalue weighted by atomic mass is 16.7. The van der Waals surface area contributed by atoms with Gasteiger partial charge in [0.05, 0.1) is 32.5 Å². The quantitative estimate of drug-likeness (QED) is 0.141. The Bertz CT molecular complexity index is 1330. The van der Waals surface area contributed by atoms with Gasteiger partial charge >= 0.3 is 5.54 Å². The van der Waals surface area contributed by atoms with E-state index in [2.05, 4.69) is 5.92 Å². The molecule has 1 heterocycles. The zero-order valence-electron chi connectivity index (χ0n) is 23.2. The second kappa shape index (κ2) is 15.8. The average Bonchev–Trinajstić information content (AvgIpc) is 3.02. The molecule has 9 heteroatoms. The standard InChI is InChI=1S/C33H34N2O7/c1-2-21-39-32-33(35(36)37,19-12-20-34)31(41-24-28-17-10-5-11-18-28)30(40-23-27-15-8-4-9-16-27)29(42-32)25-38-22-26-13-6-3-7-14-26/h1,3-11,13-18,29-32H,12,19,21-25H2/t29-,30+,31+,32+,33-/m1/s1. The number of benzene rings is 3. The molecule has 1 fully saturated rings. The molecule has 42 heavy (non-hydrogen) atoms. The first kappa shape index (κ1) is 30.9. The van der Waals surface area contributed by atoms with E-state index in [-0.39, 0.29) is 39.3 Å². The summed E-state index contributed by atoms with van der Waals surface area (Å²) >= 11 is 0. The van der Waals surface area contributed by atoms with Crippen LogP contribution in [0.15, 0.2) is 91.0 Å². The lowest BCUT2D eigenvalue weighted by atomic mass is 9.79. The molecule has 0 N–H and O–H groups in total. The third-order valence-electron chi connectivity index (χ3n) is 7.11. The molecule has 0 aromatic heterocycles. The molecule has 1 aliphatic heterocycles. The molecule has 9 nitrogen and oxygen atoms in total. The van der Waals surface area contributed by atoms with Crippen molar-refractivity contribution in [1.29, 1.82) is 5.26 Å². The van der Waals surface area contributed by atoms with Crippen LogP contribution in [0.1, 0.15) is 29.5 Å². The van der Waals surface area contributed by atoms with Crippen molar-refractivity contribution in [2.75, 3.05) is 13.2 Å². The van der Waals surface area contributed by atoms with E-state index < -0.39 is 35.1 Å². The van der Waals surface area contributed by atoms with Gasteiger partial charge < -0.3 is 23.7 Å². The van der Waals surface area contributed by atoms with Crippen LogP contribution < -0.4 is 0 Å². The van der Waals surface area contributed by atoms with Crippen LogP contribution >= 0.6 is 0 Å². The normalized spacial score (nSPS) is 23.5. The van der Waals surface area contributed by atoms with Crippen molar-refractivity contribution in [3.05, 3.63) is 118 Å². The highest BCUT2D eigenvalue weighted by Gasteiger charge is 2.67. The number of nitriles is 1. The van der Waals surface area contributed by atoms with E-state index in [9.17, 15) is 15.4 Å². The van der Waals surface area contributed by atoms with Crippen LogP contribution in [0, 0.1) is 33.8 Å². The molecule has 5 atom stereocenters. The first-order chi connectivity index (χ1) is 20.6. The average molecular weight is 571 g/mol. The van der Waals surface area contributed by atoms with Gasteiger partial charge in [-0.1, -0.05) is 96.9 Å². The molecule has 0 spiro atoms. The lowest BCUT2D eigenvalue weighted by Crippen LogP contribution is -2.71. The Morgan fingerprint density at radius 1 is 0.857 bits per heavy atom. The number of nitro groups is 1. The van der Waals surface area contributed by atoms with Gasteiger partial charge in [0.1, 0.15) is 18.8 Å². The Kier molecular flexibility index (Phi) is 11.6. The van der Waals surface area contributed by atoms with Gasteiger partial charge in [0, 0.05) is 17.8 Å².